The fraction of sp³-hybridized carbons (Fsp3) is 0.571. The minimum atomic E-state index is -0.0384. The molecule has 5 nitrogen and oxygen atoms in total. The topological polar surface area (TPSA) is 45.7 Å². The van der Waals surface area contributed by atoms with Gasteiger partial charge in [-0.25, -0.2) is 4.98 Å². The highest BCUT2D eigenvalue weighted by atomic mass is 35.5. The average Bonchev–Trinajstić information content (AvgIpc) is 2.78. The summed E-state index contributed by atoms with van der Waals surface area (Å²) < 4.78 is 5.38. The molecule has 0 N–H and O–H groups in total. The van der Waals surface area contributed by atoms with Crippen molar-refractivity contribution in [3.8, 4) is 0 Å². The van der Waals surface area contributed by atoms with Crippen molar-refractivity contribution < 1.29 is 9.53 Å². The Bertz CT molecular complexity index is 483. The molecule has 1 amide bonds. The third-order valence-electron chi connectivity index (χ3n) is 3.79. The number of aromatic nitrogens is 1. The summed E-state index contributed by atoms with van der Waals surface area (Å²) in [6, 6.07) is 3.60. The molecule has 0 bridgehead atoms. The van der Waals surface area contributed by atoms with Crippen molar-refractivity contribution in [1.29, 1.82) is 0 Å². The predicted molar refractivity (Wildman–Crippen MR) is 78.0 cm³/mol. The fourth-order valence-corrected chi connectivity index (χ4v) is 2.74. The molecule has 2 atom stereocenters. The lowest BCUT2D eigenvalue weighted by Crippen LogP contribution is -2.39. The van der Waals surface area contributed by atoms with Crippen LogP contribution in [0.5, 0.6) is 0 Å². The van der Waals surface area contributed by atoms with E-state index in [1.807, 2.05) is 7.05 Å². The summed E-state index contributed by atoms with van der Waals surface area (Å²) in [7, 11) is 5.60. The summed E-state index contributed by atoms with van der Waals surface area (Å²) in [6.45, 7) is 1.58. The Morgan fingerprint density at radius 2 is 2.40 bits per heavy atom. The zero-order valence-electron chi connectivity index (χ0n) is 12.0. The van der Waals surface area contributed by atoms with E-state index < -0.39 is 0 Å². The number of amides is 1. The highest BCUT2D eigenvalue weighted by Gasteiger charge is 2.31. The molecule has 1 aromatic rings. The molecule has 2 rings (SSSR count). The van der Waals surface area contributed by atoms with Gasteiger partial charge < -0.3 is 9.64 Å². The second kappa shape index (κ2) is 6.52. The van der Waals surface area contributed by atoms with Crippen LogP contribution in [0.3, 0.4) is 0 Å². The van der Waals surface area contributed by atoms with Gasteiger partial charge in [0, 0.05) is 45.0 Å². The number of pyridine rings is 1. The molecule has 0 unspecified atom stereocenters. The van der Waals surface area contributed by atoms with E-state index in [0.29, 0.717) is 23.3 Å². The van der Waals surface area contributed by atoms with Gasteiger partial charge in [0.1, 0.15) is 5.15 Å². The summed E-state index contributed by atoms with van der Waals surface area (Å²) in [4.78, 5) is 20.2. The Balaban J connectivity index is 1.98. The molecule has 0 aliphatic carbocycles. The van der Waals surface area contributed by atoms with E-state index >= 15 is 0 Å². The molecule has 110 valence electrons. The molecule has 1 aliphatic heterocycles. The highest BCUT2D eigenvalue weighted by molar-refractivity contribution is 6.29. The van der Waals surface area contributed by atoms with Crippen molar-refractivity contribution in [2.24, 2.45) is 0 Å². The molecule has 1 aromatic heterocycles. The normalized spacial score (nSPS) is 23.0. The Morgan fingerprint density at radius 1 is 1.65 bits per heavy atom. The van der Waals surface area contributed by atoms with Gasteiger partial charge >= 0.3 is 0 Å². The first kappa shape index (κ1) is 15.2. The summed E-state index contributed by atoms with van der Waals surface area (Å²) in [5, 5.41) is 0.335. The number of rotatable bonds is 4. The van der Waals surface area contributed by atoms with Crippen LogP contribution in [-0.2, 0) is 4.74 Å². The molecular weight excluding hydrogens is 278 g/mol. The Labute approximate surface area is 124 Å². The first-order chi connectivity index (χ1) is 9.51. The van der Waals surface area contributed by atoms with Crippen LogP contribution in [0.25, 0.3) is 0 Å². The van der Waals surface area contributed by atoms with E-state index in [1.165, 1.54) is 0 Å². The molecule has 1 fully saturated rings. The number of likely N-dealkylation sites (tertiary alicyclic amines) is 1. The zero-order valence-corrected chi connectivity index (χ0v) is 12.8. The van der Waals surface area contributed by atoms with Crippen molar-refractivity contribution in [3.63, 3.8) is 0 Å². The van der Waals surface area contributed by atoms with Crippen molar-refractivity contribution in [2.45, 2.75) is 18.6 Å². The number of hydrogen-bond acceptors (Lipinski definition) is 4. The van der Waals surface area contributed by atoms with Gasteiger partial charge in [-0.05, 0) is 25.6 Å². The molecule has 0 radical (unpaired) electrons. The number of carbonyl (C=O) groups excluding carboxylic acids is 1. The van der Waals surface area contributed by atoms with E-state index in [-0.39, 0.29) is 12.0 Å². The van der Waals surface area contributed by atoms with Gasteiger partial charge in [0.15, 0.2) is 0 Å². The molecule has 6 heteroatoms. The van der Waals surface area contributed by atoms with Crippen LogP contribution in [0.15, 0.2) is 18.3 Å². The van der Waals surface area contributed by atoms with Crippen LogP contribution in [0, 0.1) is 0 Å². The van der Waals surface area contributed by atoms with E-state index in [2.05, 4.69) is 16.9 Å². The molecule has 1 aliphatic rings. The standard InChI is InChI=1S/C14H20ClN3O2/c1-17-9-12(20-3)7-11(17)8-18(2)14(19)10-4-5-16-13(15)6-10/h4-6,11-12H,7-9H2,1-3H3/t11-,12-/m0/s1. The summed E-state index contributed by atoms with van der Waals surface area (Å²) in [5.41, 5.74) is 0.566. The lowest BCUT2D eigenvalue weighted by atomic mass is 10.1. The number of halogens is 1. The smallest absolute Gasteiger partial charge is 0.253 e. The summed E-state index contributed by atoms with van der Waals surface area (Å²) in [6.07, 6.45) is 2.75. The monoisotopic (exact) mass is 297 g/mol. The van der Waals surface area contributed by atoms with Gasteiger partial charge in [-0.2, -0.15) is 0 Å². The van der Waals surface area contributed by atoms with Gasteiger partial charge in [0.05, 0.1) is 6.10 Å². The maximum Gasteiger partial charge on any atom is 0.253 e. The van der Waals surface area contributed by atoms with Gasteiger partial charge in [0.2, 0.25) is 0 Å². The van der Waals surface area contributed by atoms with Gasteiger partial charge in [0.25, 0.3) is 5.91 Å². The van der Waals surface area contributed by atoms with E-state index in [1.54, 1.807) is 30.3 Å². The molecule has 1 saturated heterocycles. The van der Waals surface area contributed by atoms with Gasteiger partial charge in [-0.3, -0.25) is 9.69 Å². The van der Waals surface area contributed by atoms with Crippen LogP contribution < -0.4 is 0 Å². The van der Waals surface area contributed by atoms with Crippen molar-refractivity contribution >= 4 is 17.5 Å². The molecule has 2 heterocycles. The van der Waals surface area contributed by atoms with Crippen LogP contribution in [0.4, 0.5) is 0 Å². The average molecular weight is 298 g/mol. The van der Waals surface area contributed by atoms with E-state index in [9.17, 15) is 4.79 Å². The Hall–Kier alpha value is -1.17. The van der Waals surface area contributed by atoms with Crippen molar-refractivity contribution in [1.82, 2.24) is 14.8 Å². The second-order valence-electron chi connectivity index (χ2n) is 5.24. The van der Waals surface area contributed by atoms with Crippen LogP contribution in [0.1, 0.15) is 16.8 Å². The van der Waals surface area contributed by atoms with Crippen LogP contribution >= 0.6 is 11.6 Å². The molecule has 0 saturated carbocycles. The van der Waals surface area contributed by atoms with E-state index in [4.69, 9.17) is 16.3 Å². The minimum absolute atomic E-state index is 0.0384. The highest BCUT2D eigenvalue weighted by Crippen LogP contribution is 2.19. The Kier molecular flexibility index (Phi) is 4.96. The molecule has 20 heavy (non-hydrogen) atoms. The number of likely N-dealkylation sites (N-methyl/N-ethyl adjacent to an activating group) is 2. The minimum Gasteiger partial charge on any atom is -0.380 e. The van der Waals surface area contributed by atoms with Crippen molar-refractivity contribution in [2.75, 3.05) is 34.3 Å². The van der Waals surface area contributed by atoms with Gasteiger partial charge in [-0.1, -0.05) is 11.6 Å². The first-order valence-electron chi connectivity index (χ1n) is 6.61. The molecule has 0 spiro atoms. The van der Waals surface area contributed by atoms with E-state index in [0.717, 1.165) is 13.0 Å². The number of carbonyl (C=O) groups is 1. The number of hydrogen-bond donors (Lipinski definition) is 0. The maximum absolute atomic E-state index is 12.3. The van der Waals surface area contributed by atoms with Crippen molar-refractivity contribution in [3.05, 3.63) is 29.0 Å². The predicted octanol–water partition coefficient (Wildman–Crippen LogP) is 1.53. The molecule has 0 aromatic carbocycles. The van der Waals surface area contributed by atoms with Gasteiger partial charge in [-0.15, -0.1) is 0 Å². The third-order valence-corrected chi connectivity index (χ3v) is 3.99. The van der Waals surface area contributed by atoms with Crippen LogP contribution in [0.2, 0.25) is 5.15 Å². The van der Waals surface area contributed by atoms with Crippen LogP contribution in [-0.4, -0.2) is 67.1 Å². The zero-order chi connectivity index (χ0) is 14.7. The second-order valence-corrected chi connectivity index (χ2v) is 5.63. The molecular formula is C14H20ClN3O2. The SMILES string of the molecule is CO[C@H]1C[C@@H](CN(C)C(=O)c2ccnc(Cl)c2)N(C)C1. The number of ether oxygens (including phenoxy) is 1. The maximum atomic E-state index is 12.3. The number of methoxy groups -OCH3 is 1. The third kappa shape index (κ3) is 3.48. The fourth-order valence-electron chi connectivity index (χ4n) is 2.57. The summed E-state index contributed by atoms with van der Waals surface area (Å²) >= 11 is 5.82. The summed E-state index contributed by atoms with van der Waals surface area (Å²) in [5.74, 6) is -0.0384. The Morgan fingerprint density at radius 3 is 3.00 bits per heavy atom. The largest absolute Gasteiger partial charge is 0.380 e. The lowest BCUT2D eigenvalue weighted by molar-refractivity contribution is 0.0760. The quantitative estimate of drug-likeness (QED) is 0.791. The lowest BCUT2D eigenvalue weighted by Gasteiger charge is -2.25. The number of nitrogens with zero attached hydrogens (tertiary/aromatic N) is 3. The first-order valence-corrected chi connectivity index (χ1v) is 6.99.